The van der Waals surface area contributed by atoms with Crippen molar-refractivity contribution >= 4 is 7.60 Å². The normalized spacial score (nSPS) is 13.3. The molecule has 2 heterocycles. The molecule has 0 amide bonds. The van der Waals surface area contributed by atoms with Gasteiger partial charge in [-0.3, -0.25) is 4.57 Å². The van der Waals surface area contributed by atoms with E-state index in [9.17, 15) is 19.3 Å². The van der Waals surface area contributed by atoms with E-state index in [1.165, 1.54) is 7.05 Å². The van der Waals surface area contributed by atoms with E-state index in [-0.39, 0.29) is 5.82 Å². The second-order valence-electron chi connectivity index (χ2n) is 4.22. The summed E-state index contributed by atoms with van der Waals surface area (Å²) in [5, 5.41) is 16.7. The third kappa shape index (κ3) is 3.49. The number of aromatic amines is 1. The average Bonchev–Trinajstić information content (AvgIpc) is 2.81. The number of hydrogen-bond acceptors (Lipinski definition) is 6. The number of aromatic nitrogens is 6. The van der Waals surface area contributed by atoms with Crippen molar-refractivity contribution in [3.63, 3.8) is 0 Å². The molecule has 0 bridgehead atoms. The molecule has 0 aliphatic heterocycles. The summed E-state index contributed by atoms with van der Waals surface area (Å²) in [7, 11) is -3.03. The van der Waals surface area contributed by atoms with Crippen LogP contribution in [0.1, 0.15) is 6.23 Å². The van der Waals surface area contributed by atoms with Crippen LogP contribution in [0.5, 0.6) is 0 Å². The Balaban J connectivity index is 2.37. The summed E-state index contributed by atoms with van der Waals surface area (Å²) in [4.78, 5) is 42.4. The Morgan fingerprint density at radius 1 is 1.48 bits per heavy atom. The highest BCUT2D eigenvalue weighted by Gasteiger charge is 2.23. The lowest BCUT2D eigenvalue weighted by Gasteiger charge is -2.10. The van der Waals surface area contributed by atoms with Gasteiger partial charge in [0.05, 0.1) is 19.4 Å². The SMILES string of the molecule is C[n+]1cn(-c2cn(C(O)CP(=O)(O)O)nn2)c(=O)[nH]c1=O. The Hall–Kier alpha value is -2.14. The minimum absolute atomic E-state index is 0.0309. The maximum absolute atomic E-state index is 11.6. The summed E-state index contributed by atoms with van der Waals surface area (Å²) in [5.41, 5.74) is -1.39. The van der Waals surface area contributed by atoms with Crippen molar-refractivity contribution < 1.29 is 24.0 Å². The molecule has 2 aromatic heterocycles. The lowest BCUT2D eigenvalue weighted by Crippen LogP contribution is -2.53. The fourth-order valence-electron chi connectivity index (χ4n) is 1.50. The maximum Gasteiger partial charge on any atom is 0.452 e. The van der Waals surface area contributed by atoms with Crippen LogP contribution in [0.3, 0.4) is 0 Å². The number of aliphatic hydroxyl groups excluding tert-OH is 1. The molecule has 0 saturated carbocycles. The van der Waals surface area contributed by atoms with Crippen LogP contribution in [0, 0.1) is 0 Å². The molecule has 114 valence electrons. The smallest absolute Gasteiger partial charge is 0.371 e. The molecular formula is C8H12N6O6P+. The molecule has 2 aromatic rings. The molecule has 21 heavy (non-hydrogen) atoms. The molecule has 0 fully saturated rings. The molecule has 0 aromatic carbocycles. The van der Waals surface area contributed by atoms with Gasteiger partial charge in [0, 0.05) is 0 Å². The third-order valence-corrected chi connectivity index (χ3v) is 3.30. The van der Waals surface area contributed by atoms with Crippen LogP contribution in [0.2, 0.25) is 0 Å². The van der Waals surface area contributed by atoms with Crippen LogP contribution in [-0.2, 0) is 11.6 Å². The number of H-pyrrole nitrogens is 1. The van der Waals surface area contributed by atoms with Gasteiger partial charge in [0.15, 0.2) is 6.23 Å². The number of aliphatic hydroxyl groups is 1. The number of rotatable bonds is 4. The van der Waals surface area contributed by atoms with Gasteiger partial charge in [0.2, 0.25) is 12.1 Å². The van der Waals surface area contributed by atoms with Gasteiger partial charge in [-0.05, 0) is 0 Å². The molecule has 0 aliphatic rings. The van der Waals surface area contributed by atoms with E-state index in [1.807, 2.05) is 4.98 Å². The highest BCUT2D eigenvalue weighted by atomic mass is 31.2. The lowest BCUT2D eigenvalue weighted by molar-refractivity contribution is -0.693. The molecule has 13 heteroatoms. The van der Waals surface area contributed by atoms with Crippen molar-refractivity contribution in [2.45, 2.75) is 6.23 Å². The van der Waals surface area contributed by atoms with Gasteiger partial charge >= 0.3 is 19.0 Å². The second-order valence-corrected chi connectivity index (χ2v) is 5.91. The van der Waals surface area contributed by atoms with Crippen molar-refractivity contribution in [2.24, 2.45) is 7.05 Å². The first-order valence-corrected chi connectivity index (χ1v) is 7.33. The van der Waals surface area contributed by atoms with Crippen molar-refractivity contribution in [3.8, 4) is 5.82 Å². The van der Waals surface area contributed by atoms with E-state index in [2.05, 4.69) is 10.3 Å². The first kappa shape index (κ1) is 15.3. The summed E-state index contributed by atoms with van der Waals surface area (Å²) in [6.45, 7) is 0. The summed E-state index contributed by atoms with van der Waals surface area (Å²) < 4.78 is 13.6. The van der Waals surface area contributed by atoms with Crippen molar-refractivity contribution in [1.82, 2.24) is 24.5 Å². The van der Waals surface area contributed by atoms with E-state index in [0.29, 0.717) is 0 Å². The van der Waals surface area contributed by atoms with Crippen LogP contribution in [0.4, 0.5) is 0 Å². The third-order valence-electron chi connectivity index (χ3n) is 2.49. The minimum atomic E-state index is -4.43. The minimum Gasteiger partial charge on any atom is -0.371 e. The van der Waals surface area contributed by atoms with Gasteiger partial charge in [0.25, 0.3) is 0 Å². The van der Waals surface area contributed by atoms with Crippen LogP contribution in [-0.4, -0.2) is 45.6 Å². The van der Waals surface area contributed by atoms with E-state index in [1.54, 1.807) is 0 Å². The molecule has 0 radical (unpaired) electrons. The van der Waals surface area contributed by atoms with Gasteiger partial charge < -0.3 is 14.9 Å². The Kier molecular flexibility index (Phi) is 3.87. The quantitative estimate of drug-likeness (QED) is 0.334. The molecule has 1 unspecified atom stereocenters. The van der Waals surface area contributed by atoms with E-state index >= 15 is 0 Å². The zero-order valence-corrected chi connectivity index (χ0v) is 11.6. The first-order chi connectivity index (χ1) is 9.67. The average molecular weight is 319 g/mol. The molecule has 0 spiro atoms. The van der Waals surface area contributed by atoms with Crippen LogP contribution < -0.4 is 15.9 Å². The first-order valence-electron chi connectivity index (χ1n) is 5.54. The van der Waals surface area contributed by atoms with Crippen molar-refractivity contribution in [2.75, 3.05) is 6.16 Å². The predicted octanol–water partition coefficient (Wildman–Crippen LogP) is -3.39. The van der Waals surface area contributed by atoms with Crippen molar-refractivity contribution in [1.29, 1.82) is 0 Å². The highest BCUT2D eigenvalue weighted by Crippen LogP contribution is 2.37. The lowest BCUT2D eigenvalue weighted by atomic mass is 10.6. The van der Waals surface area contributed by atoms with E-state index < -0.39 is 31.4 Å². The molecule has 0 aliphatic carbocycles. The van der Waals surface area contributed by atoms with E-state index in [4.69, 9.17) is 9.79 Å². The molecule has 2 rings (SSSR count). The highest BCUT2D eigenvalue weighted by molar-refractivity contribution is 7.51. The van der Waals surface area contributed by atoms with Crippen LogP contribution in [0.15, 0.2) is 22.1 Å². The number of nitrogens with one attached hydrogen (secondary N) is 1. The van der Waals surface area contributed by atoms with Gasteiger partial charge in [0.1, 0.15) is 0 Å². The number of aryl methyl sites for hydroxylation is 1. The Morgan fingerprint density at radius 3 is 2.76 bits per heavy atom. The summed E-state index contributed by atoms with van der Waals surface area (Å²) in [5.74, 6) is -0.0309. The maximum atomic E-state index is 11.6. The van der Waals surface area contributed by atoms with Gasteiger partial charge in [-0.2, -0.15) is 4.98 Å². The second kappa shape index (κ2) is 5.33. The van der Waals surface area contributed by atoms with E-state index in [0.717, 1.165) is 26.3 Å². The summed E-state index contributed by atoms with van der Waals surface area (Å²) in [6.07, 6.45) is -0.172. The molecule has 1 atom stereocenters. The Bertz CT molecular complexity index is 817. The fraction of sp³-hybridized carbons (Fsp3) is 0.375. The van der Waals surface area contributed by atoms with Gasteiger partial charge in [-0.15, -0.1) is 4.57 Å². The van der Waals surface area contributed by atoms with Crippen LogP contribution >= 0.6 is 7.60 Å². The van der Waals surface area contributed by atoms with Gasteiger partial charge in [-0.25, -0.2) is 18.8 Å². The Labute approximate surface area is 116 Å². The largest absolute Gasteiger partial charge is 0.452 e. The van der Waals surface area contributed by atoms with Crippen molar-refractivity contribution in [3.05, 3.63) is 33.5 Å². The standard InChI is InChI=1S/C8H11N6O6P/c1-12-4-13(8(17)9-7(12)16)5-2-14(11-10-5)6(15)3-21(18,19)20/h2,4,6,15H,3H2,1H3,(H2-,9,16,17,18,19,20)/p+1. The molecule has 12 nitrogen and oxygen atoms in total. The number of nitrogens with zero attached hydrogens (tertiary/aromatic N) is 5. The summed E-state index contributed by atoms with van der Waals surface area (Å²) >= 11 is 0. The monoisotopic (exact) mass is 319 g/mol. The topological polar surface area (TPSA) is 167 Å². The number of hydrogen-bond donors (Lipinski definition) is 4. The fourth-order valence-corrected chi connectivity index (χ4v) is 2.09. The van der Waals surface area contributed by atoms with Gasteiger partial charge in [-0.1, -0.05) is 10.3 Å². The molecule has 0 saturated heterocycles. The molecule has 4 N–H and O–H groups in total. The van der Waals surface area contributed by atoms with Crippen LogP contribution in [0.25, 0.3) is 5.82 Å². The zero-order valence-electron chi connectivity index (χ0n) is 10.7. The summed E-state index contributed by atoms with van der Waals surface area (Å²) in [6, 6.07) is 0. The predicted molar refractivity (Wildman–Crippen MR) is 65.6 cm³/mol. The molecular weight excluding hydrogens is 307 g/mol. The zero-order chi connectivity index (χ0) is 15.8. The Morgan fingerprint density at radius 2 is 2.14 bits per heavy atom.